The molecule has 0 bridgehead atoms. The summed E-state index contributed by atoms with van der Waals surface area (Å²) < 4.78 is 13.2. The number of aromatic amines is 1. The molecular weight excluding hydrogens is 271 g/mol. The molecule has 6 nitrogen and oxygen atoms in total. The molecule has 0 aromatic carbocycles. The minimum atomic E-state index is -0.373. The van der Waals surface area contributed by atoms with E-state index in [1.54, 1.807) is 6.20 Å². The topological polar surface area (TPSA) is 69.7 Å². The van der Waals surface area contributed by atoms with Gasteiger partial charge in [0.05, 0.1) is 6.20 Å². The molecule has 4 heterocycles. The summed E-state index contributed by atoms with van der Waals surface area (Å²) in [6.07, 6.45) is 5.26. The van der Waals surface area contributed by atoms with Crippen LogP contribution >= 0.6 is 0 Å². The van der Waals surface area contributed by atoms with Crippen LogP contribution in [-0.4, -0.2) is 45.8 Å². The van der Waals surface area contributed by atoms with E-state index in [1.165, 1.54) is 25.1 Å². The minimum Gasteiger partial charge on any atom is -0.338 e. The molecule has 21 heavy (non-hydrogen) atoms. The van der Waals surface area contributed by atoms with Gasteiger partial charge in [0.2, 0.25) is 5.95 Å². The summed E-state index contributed by atoms with van der Waals surface area (Å²) in [6, 6.07) is 1.94. The third-order valence-electron chi connectivity index (χ3n) is 4.33. The van der Waals surface area contributed by atoms with E-state index in [2.05, 4.69) is 30.4 Å². The predicted octanol–water partition coefficient (Wildman–Crippen LogP) is 1.19. The second-order valence-corrected chi connectivity index (χ2v) is 5.74. The zero-order chi connectivity index (χ0) is 14.2. The summed E-state index contributed by atoms with van der Waals surface area (Å²) >= 11 is 0. The highest BCUT2D eigenvalue weighted by atomic mass is 19.1. The fourth-order valence-electron chi connectivity index (χ4n) is 3.27. The number of nitrogens with zero attached hydrogens (tertiary/aromatic N) is 4. The average molecular weight is 288 g/mol. The lowest BCUT2D eigenvalue weighted by Gasteiger charge is -2.24. The Kier molecular flexibility index (Phi) is 3.07. The number of nitrogens with one attached hydrogen (secondary N) is 2. The van der Waals surface area contributed by atoms with Gasteiger partial charge in [-0.15, -0.1) is 5.10 Å². The molecule has 2 unspecified atom stereocenters. The van der Waals surface area contributed by atoms with Crippen molar-refractivity contribution in [3.8, 4) is 11.4 Å². The second kappa shape index (κ2) is 5.07. The lowest BCUT2D eigenvalue weighted by Crippen LogP contribution is -2.40. The van der Waals surface area contributed by atoms with Gasteiger partial charge in [0.1, 0.15) is 5.82 Å². The molecule has 2 aliphatic rings. The lowest BCUT2D eigenvalue weighted by molar-refractivity contribution is 0.340. The van der Waals surface area contributed by atoms with Crippen LogP contribution in [0.1, 0.15) is 12.8 Å². The molecule has 0 saturated carbocycles. The molecule has 7 heteroatoms. The van der Waals surface area contributed by atoms with Crippen molar-refractivity contribution in [3.63, 3.8) is 0 Å². The van der Waals surface area contributed by atoms with Crippen molar-refractivity contribution in [2.45, 2.75) is 18.9 Å². The van der Waals surface area contributed by atoms with E-state index in [1.807, 2.05) is 0 Å². The van der Waals surface area contributed by atoms with Crippen molar-refractivity contribution in [1.82, 2.24) is 25.5 Å². The summed E-state index contributed by atoms with van der Waals surface area (Å²) in [4.78, 5) is 10.5. The molecule has 2 aromatic rings. The van der Waals surface area contributed by atoms with Gasteiger partial charge in [0.25, 0.3) is 0 Å². The summed E-state index contributed by atoms with van der Waals surface area (Å²) in [5.41, 5.74) is 0.614. The molecule has 0 amide bonds. The summed E-state index contributed by atoms with van der Waals surface area (Å²) in [7, 11) is 0. The Morgan fingerprint density at radius 2 is 2.24 bits per heavy atom. The molecule has 2 fully saturated rings. The Morgan fingerprint density at radius 3 is 3.10 bits per heavy atom. The molecule has 2 aliphatic heterocycles. The van der Waals surface area contributed by atoms with Crippen molar-refractivity contribution in [3.05, 3.63) is 24.3 Å². The van der Waals surface area contributed by atoms with Crippen molar-refractivity contribution < 1.29 is 4.39 Å². The molecule has 2 N–H and O–H groups in total. The number of H-pyrrole nitrogens is 1. The van der Waals surface area contributed by atoms with E-state index in [-0.39, 0.29) is 5.82 Å². The Hall–Kier alpha value is -2.02. The van der Waals surface area contributed by atoms with Crippen LogP contribution in [0.3, 0.4) is 0 Å². The SMILES string of the molecule is Fc1cncc(-c2nc(N3CC4CCCNC4C3)n[nH]2)c1. The molecule has 0 radical (unpaired) electrons. The summed E-state index contributed by atoms with van der Waals surface area (Å²) in [5, 5.41) is 10.7. The van der Waals surface area contributed by atoms with Crippen LogP contribution in [-0.2, 0) is 0 Å². The third-order valence-corrected chi connectivity index (χ3v) is 4.33. The van der Waals surface area contributed by atoms with Gasteiger partial charge in [-0.25, -0.2) is 4.39 Å². The van der Waals surface area contributed by atoms with Gasteiger partial charge in [-0.3, -0.25) is 10.1 Å². The van der Waals surface area contributed by atoms with Crippen molar-refractivity contribution >= 4 is 5.95 Å². The first-order valence-electron chi connectivity index (χ1n) is 7.31. The van der Waals surface area contributed by atoms with E-state index in [4.69, 9.17) is 0 Å². The first-order chi connectivity index (χ1) is 10.3. The van der Waals surface area contributed by atoms with Crippen molar-refractivity contribution in [2.24, 2.45) is 5.92 Å². The van der Waals surface area contributed by atoms with Crippen LogP contribution in [0, 0.1) is 11.7 Å². The molecule has 0 aliphatic carbocycles. The first-order valence-corrected chi connectivity index (χ1v) is 7.31. The maximum Gasteiger partial charge on any atom is 0.245 e. The van der Waals surface area contributed by atoms with Gasteiger partial charge in [0, 0.05) is 30.9 Å². The van der Waals surface area contributed by atoms with Crippen molar-refractivity contribution in [1.29, 1.82) is 0 Å². The smallest absolute Gasteiger partial charge is 0.245 e. The van der Waals surface area contributed by atoms with Crippen LogP contribution in [0.25, 0.3) is 11.4 Å². The number of hydrogen-bond acceptors (Lipinski definition) is 5. The standard InChI is InChI=1S/C14H17FN6/c15-11-4-10(5-16-6-11)13-18-14(20-19-13)21-7-9-2-1-3-17-12(9)8-21/h4-6,9,12,17H,1-3,7-8H2,(H,18,19,20). The quantitative estimate of drug-likeness (QED) is 0.869. The fourth-order valence-corrected chi connectivity index (χ4v) is 3.27. The van der Waals surface area contributed by atoms with E-state index in [9.17, 15) is 4.39 Å². The molecule has 2 aromatic heterocycles. The largest absolute Gasteiger partial charge is 0.338 e. The molecule has 110 valence electrons. The number of piperidine rings is 1. The highest BCUT2D eigenvalue weighted by Crippen LogP contribution is 2.28. The predicted molar refractivity (Wildman–Crippen MR) is 76.3 cm³/mol. The van der Waals surface area contributed by atoms with E-state index in [0.717, 1.165) is 19.6 Å². The Morgan fingerprint density at radius 1 is 1.29 bits per heavy atom. The number of rotatable bonds is 2. The highest BCUT2D eigenvalue weighted by molar-refractivity contribution is 5.55. The number of anilines is 1. The highest BCUT2D eigenvalue weighted by Gasteiger charge is 2.35. The number of fused-ring (bicyclic) bond motifs is 1. The Labute approximate surface area is 121 Å². The zero-order valence-corrected chi connectivity index (χ0v) is 11.6. The van der Waals surface area contributed by atoms with Crippen LogP contribution < -0.4 is 10.2 Å². The van der Waals surface area contributed by atoms with Gasteiger partial charge >= 0.3 is 0 Å². The van der Waals surface area contributed by atoms with Crippen LogP contribution in [0.5, 0.6) is 0 Å². The van der Waals surface area contributed by atoms with Crippen LogP contribution in [0.15, 0.2) is 18.5 Å². The summed E-state index contributed by atoms with van der Waals surface area (Å²) in [5.74, 6) is 1.55. The number of halogens is 1. The molecule has 2 atom stereocenters. The fraction of sp³-hybridized carbons (Fsp3) is 0.500. The molecular formula is C14H17FN6. The molecule has 4 rings (SSSR count). The monoisotopic (exact) mass is 288 g/mol. The van der Waals surface area contributed by atoms with Crippen LogP contribution in [0.2, 0.25) is 0 Å². The minimum absolute atomic E-state index is 0.373. The van der Waals surface area contributed by atoms with Gasteiger partial charge < -0.3 is 10.2 Å². The van der Waals surface area contributed by atoms with Gasteiger partial charge in [0.15, 0.2) is 5.82 Å². The van der Waals surface area contributed by atoms with Gasteiger partial charge in [-0.05, 0) is 31.4 Å². The Balaban J connectivity index is 1.55. The van der Waals surface area contributed by atoms with Crippen LogP contribution in [0.4, 0.5) is 10.3 Å². The van der Waals surface area contributed by atoms with E-state index >= 15 is 0 Å². The number of pyridine rings is 1. The first kappa shape index (κ1) is 12.7. The maximum atomic E-state index is 13.2. The van der Waals surface area contributed by atoms with Gasteiger partial charge in [-0.2, -0.15) is 4.98 Å². The third kappa shape index (κ3) is 2.37. The zero-order valence-electron chi connectivity index (χ0n) is 11.6. The number of aromatic nitrogens is 4. The Bertz CT molecular complexity index is 628. The maximum absolute atomic E-state index is 13.2. The van der Waals surface area contributed by atoms with E-state index in [0.29, 0.717) is 29.3 Å². The lowest BCUT2D eigenvalue weighted by atomic mass is 9.94. The molecule has 2 saturated heterocycles. The average Bonchev–Trinajstić information content (AvgIpc) is 3.14. The van der Waals surface area contributed by atoms with Gasteiger partial charge in [-0.1, -0.05) is 0 Å². The normalized spacial score (nSPS) is 25.1. The van der Waals surface area contributed by atoms with E-state index < -0.39 is 0 Å². The molecule has 0 spiro atoms. The summed E-state index contributed by atoms with van der Waals surface area (Å²) in [6.45, 7) is 3.02. The van der Waals surface area contributed by atoms with Crippen molar-refractivity contribution in [2.75, 3.05) is 24.5 Å². The number of hydrogen-bond donors (Lipinski definition) is 2. The second-order valence-electron chi connectivity index (χ2n) is 5.74.